The molecule has 0 heterocycles. The summed E-state index contributed by atoms with van der Waals surface area (Å²) in [7, 11) is 0. The van der Waals surface area contributed by atoms with Gasteiger partial charge in [-0.1, -0.05) is 19.1 Å². The summed E-state index contributed by atoms with van der Waals surface area (Å²) in [4.78, 5) is 15.3. The second kappa shape index (κ2) is 9.11. The SMILES string of the molecule is CCNC(C)c1ccc(SC(C)C(=O)N(CC)CC)cc1. The minimum atomic E-state index is -0.0399. The Morgan fingerprint density at radius 2 is 1.71 bits per heavy atom. The summed E-state index contributed by atoms with van der Waals surface area (Å²) in [6, 6.07) is 8.87. The van der Waals surface area contributed by atoms with Crippen molar-refractivity contribution in [2.45, 2.75) is 50.8 Å². The van der Waals surface area contributed by atoms with Crippen molar-refractivity contribution in [1.82, 2.24) is 10.2 Å². The third kappa shape index (κ3) is 5.36. The van der Waals surface area contributed by atoms with Crippen molar-refractivity contribution in [2.75, 3.05) is 19.6 Å². The zero-order valence-electron chi connectivity index (χ0n) is 13.8. The molecule has 0 bridgehead atoms. The summed E-state index contributed by atoms with van der Waals surface area (Å²) in [6.07, 6.45) is 0. The highest BCUT2D eigenvalue weighted by molar-refractivity contribution is 8.00. The Balaban J connectivity index is 2.65. The molecule has 0 fully saturated rings. The summed E-state index contributed by atoms with van der Waals surface area (Å²) in [5, 5.41) is 3.36. The highest BCUT2D eigenvalue weighted by Gasteiger charge is 2.19. The molecule has 4 heteroatoms. The first kappa shape index (κ1) is 18.1. The molecule has 0 aliphatic rings. The number of carbonyl (C=O) groups excluding carboxylic acids is 1. The van der Waals surface area contributed by atoms with E-state index >= 15 is 0 Å². The van der Waals surface area contributed by atoms with Gasteiger partial charge in [0.1, 0.15) is 0 Å². The lowest BCUT2D eigenvalue weighted by Crippen LogP contribution is -2.36. The van der Waals surface area contributed by atoms with E-state index in [0.717, 1.165) is 24.5 Å². The molecule has 0 aromatic heterocycles. The quantitative estimate of drug-likeness (QED) is 0.743. The Labute approximate surface area is 133 Å². The van der Waals surface area contributed by atoms with Crippen LogP contribution in [0.2, 0.25) is 0 Å². The van der Waals surface area contributed by atoms with Crippen LogP contribution in [-0.4, -0.2) is 35.7 Å². The van der Waals surface area contributed by atoms with Crippen LogP contribution in [0.4, 0.5) is 0 Å². The molecule has 1 amide bonds. The van der Waals surface area contributed by atoms with Crippen molar-refractivity contribution in [3.8, 4) is 0 Å². The van der Waals surface area contributed by atoms with Crippen molar-refractivity contribution in [2.24, 2.45) is 0 Å². The molecule has 1 aromatic carbocycles. The van der Waals surface area contributed by atoms with Gasteiger partial charge in [-0.3, -0.25) is 4.79 Å². The summed E-state index contributed by atoms with van der Waals surface area (Å²) in [6.45, 7) is 12.8. The van der Waals surface area contributed by atoms with Crippen LogP contribution in [0.1, 0.15) is 46.2 Å². The van der Waals surface area contributed by atoms with Crippen LogP contribution in [0.25, 0.3) is 0 Å². The van der Waals surface area contributed by atoms with Gasteiger partial charge in [0, 0.05) is 24.0 Å². The number of carbonyl (C=O) groups is 1. The Morgan fingerprint density at radius 3 is 2.19 bits per heavy atom. The Kier molecular flexibility index (Phi) is 7.83. The smallest absolute Gasteiger partial charge is 0.235 e. The van der Waals surface area contributed by atoms with E-state index in [1.165, 1.54) is 5.56 Å². The van der Waals surface area contributed by atoms with Gasteiger partial charge in [0.05, 0.1) is 5.25 Å². The molecule has 1 aromatic rings. The molecule has 1 N–H and O–H groups in total. The molecule has 1 rings (SSSR count). The average Bonchev–Trinajstić information content (AvgIpc) is 2.49. The number of nitrogens with one attached hydrogen (secondary N) is 1. The average molecular weight is 308 g/mol. The maximum absolute atomic E-state index is 12.3. The molecule has 0 aliphatic carbocycles. The van der Waals surface area contributed by atoms with Crippen molar-refractivity contribution in [1.29, 1.82) is 0 Å². The van der Waals surface area contributed by atoms with Crippen LogP contribution in [-0.2, 0) is 4.79 Å². The minimum absolute atomic E-state index is 0.0399. The number of benzene rings is 1. The van der Waals surface area contributed by atoms with Crippen molar-refractivity contribution in [3.05, 3.63) is 29.8 Å². The van der Waals surface area contributed by atoms with Gasteiger partial charge in [-0.25, -0.2) is 0 Å². The molecule has 0 aliphatic heterocycles. The number of nitrogens with zero attached hydrogens (tertiary/aromatic N) is 1. The van der Waals surface area contributed by atoms with Gasteiger partial charge < -0.3 is 10.2 Å². The maximum atomic E-state index is 12.3. The Hall–Kier alpha value is -1.00. The summed E-state index contributed by atoms with van der Waals surface area (Å²) in [5.74, 6) is 0.218. The van der Waals surface area contributed by atoms with Crippen LogP contribution in [0.3, 0.4) is 0 Å². The Bertz CT molecular complexity index is 429. The molecule has 0 radical (unpaired) electrons. The van der Waals surface area contributed by atoms with Crippen LogP contribution in [0.15, 0.2) is 29.2 Å². The van der Waals surface area contributed by atoms with E-state index in [0.29, 0.717) is 6.04 Å². The van der Waals surface area contributed by atoms with Gasteiger partial charge in [0.25, 0.3) is 0 Å². The van der Waals surface area contributed by atoms with E-state index in [9.17, 15) is 4.79 Å². The number of hydrogen-bond acceptors (Lipinski definition) is 3. The first-order valence-electron chi connectivity index (χ1n) is 7.82. The van der Waals surface area contributed by atoms with Gasteiger partial charge in [-0.2, -0.15) is 0 Å². The third-order valence-corrected chi connectivity index (χ3v) is 4.73. The Morgan fingerprint density at radius 1 is 1.14 bits per heavy atom. The summed E-state index contributed by atoms with van der Waals surface area (Å²) in [5.41, 5.74) is 1.28. The van der Waals surface area contributed by atoms with Crippen molar-refractivity contribution < 1.29 is 4.79 Å². The van der Waals surface area contributed by atoms with Gasteiger partial charge in [0.2, 0.25) is 5.91 Å². The topological polar surface area (TPSA) is 32.3 Å². The largest absolute Gasteiger partial charge is 0.342 e. The standard InChI is InChI=1S/C17H28N2OS/c1-6-18-13(4)15-9-11-16(12-10-15)21-14(5)17(20)19(7-2)8-3/h9-14,18H,6-8H2,1-5H3. The molecule has 0 spiro atoms. The molecule has 2 atom stereocenters. The second-order valence-electron chi connectivity index (χ2n) is 5.12. The van der Waals surface area contributed by atoms with Crippen LogP contribution in [0, 0.1) is 0 Å². The third-order valence-electron chi connectivity index (χ3n) is 3.63. The van der Waals surface area contributed by atoms with Crippen LogP contribution < -0.4 is 5.32 Å². The first-order valence-corrected chi connectivity index (χ1v) is 8.70. The number of amides is 1. The first-order chi connectivity index (χ1) is 10.0. The summed E-state index contributed by atoms with van der Waals surface area (Å²) < 4.78 is 0. The zero-order chi connectivity index (χ0) is 15.8. The van der Waals surface area contributed by atoms with E-state index < -0.39 is 0 Å². The van der Waals surface area contributed by atoms with Crippen molar-refractivity contribution in [3.63, 3.8) is 0 Å². The van der Waals surface area contributed by atoms with Gasteiger partial charge >= 0.3 is 0 Å². The van der Waals surface area contributed by atoms with E-state index in [1.807, 2.05) is 25.7 Å². The predicted molar refractivity (Wildman–Crippen MR) is 91.8 cm³/mol. The zero-order valence-corrected chi connectivity index (χ0v) is 14.7. The fraction of sp³-hybridized carbons (Fsp3) is 0.588. The molecule has 118 valence electrons. The fourth-order valence-electron chi connectivity index (χ4n) is 2.31. The second-order valence-corrected chi connectivity index (χ2v) is 6.53. The normalized spacial score (nSPS) is 13.8. The molecule has 2 unspecified atom stereocenters. The van der Waals surface area contributed by atoms with Crippen LogP contribution >= 0.6 is 11.8 Å². The maximum Gasteiger partial charge on any atom is 0.235 e. The minimum Gasteiger partial charge on any atom is -0.342 e. The molecular formula is C17H28N2OS. The molecule has 3 nitrogen and oxygen atoms in total. The van der Waals surface area contributed by atoms with E-state index in [2.05, 4.69) is 43.4 Å². The summed E-state index contributed by atoms with van der Waals surface area (Å²) >= 11 is 1.63. The monoisotopic (exact) mass is 308 g/mol. The van der Waals surface area contributed by atoms with Gasteiger partial charge in [0.15, 0.2) is 0 Å². The van der Waals surface area contributed by atoms with E-state index in [1.54, 1.807) is 11.8 Å². The molecular weight excluding hydrogens is 280 g/mol. The fourth-order valence-corrected chi connectivity index (χ4v) is 3.26. The highest BCUT2D eigenvalue weighted by Crippen LogP contribution is 2.26. The number of hydrogen-bond donors (Lipinski definition) is 1. The van der Waals surface area contributed by atoms with Gasteiger partial charge in [-0.15, -0.1) is 11.8 Å². The lowest BCUT2D eigenvalue weighted by Gasteiger charge is -2.22. The van der Waals surface area contributed by atoms with E-state index in [-0.39, 0.29) is 11.2 Å². The number of thioether (sulfide) groups is 1. The molecule has 21 heavy (non-hydrogen) atoms. The molecule has 0 saturated carbocycles. The number of rotatable bonds is 8. The molecule has 0 saturated heterocycles. The van der Waals surface area contributed by atoms with Crippen LogP contribution in [0.5, 0.6) is 0 Å². The highest BCUT2D eigenvalue weighted by atomic mass is 32.2. The predicted octanol–water partition coefficient (Wildman–Crippen LogP) is 3.71. The lowest BCUT2D eigenvalue weighted by molar-refractivity contribution is -0.129. The van der Waals surface area contributed by atoms with Crippen molar-refractivity contribution >= 4 is 17.7 Å². The lowest BCUT2D eigenvalue weighted by atomic mass is 10.1. The van der Waals surface area contributed by atoms with Gasteiger partial charge in [-0.05, 0) is 51.9 Å². The van der Waals surface area contributed by atoms with E-state index in [4.69, 9.17) is 0 Å².